The molecule has 1 saturated carbocycles. The van der Waals surface area contributed by atoms with Crippen molar-refractivity contribution in [2.75, 3.05) is 18.4 Å². The average Bonchev–Trinajstić information content (AvgIpc) is 3.41. The van der Waals surface area contributed by atoms with Gasteiger partial charge < -0.3 is 20.4 Å². The van der Waals surface area contributed by atoms with Crippen LogP contribution >= 0.6 is 11.3 Å². The topological polar surface area (TPSA) is 121 Å². The molecule has 0 aliphatic heterocycles. The van der Waals surface area contributed by atoms with E-state index in [4.69, 9.17) is 0 Å². The van der Waals surface area contributed by atoms with Crippen molar-refractivity contribution in [2.24, 2.45) is 5.92 Å². The lowest BCUT2D eigenvalue weighted by atomic mass is 10.2. The number of benzene rings is 1. The number of thiazole rings is 1. The summed E-state index contributed by atoms with van der Waals surface area (Å²) in [5.41, 5.74) is 1.37. The van der Waals surface area contributed by atoms with Crippen molar-refractivity contribution in [1.29, 1.82) is 0 Å². The number of carbonyl (C=O) groups excluding carboxylic acids is 2. The summed E-state index contributed by atoms with van der Waals surface area (Å²) < 4.78 is 2.12. The summed E-state index contributed by atoms with van der Waals surface area (Å²) in [5, 5.41) is 27.4. The highest BCUT2D eigenvalue weighted by atomic mass is 32.1. The molecule has 164 valence electrons. The molecule has 0 radical (unpaired) electrons. The number of nitrogens with zero attached hydrogens (tertiary/aromatic N) is 4. The summed E-state index contributed by atoms with van der Waals surface area (Å²) in [6, 6.07) is 9.31. The highest BCUT2D eigenvalue weighted by Crippen LogP contribution is 2.34. The fourth-order valence-electron chi connectivity index (χ4n) is 3.33. The maximum atomic E-state index is 13.3. The molecule has 1 fully saturated rings. The van der Waals surface area contributed by atoms with E-state index >= 15 is 0 Å². The molecule has 2 heterocycles. The number of fused-ring (bicyclic) bond motifs is 1. The Morgan fingerprint density at radius 3 is 2.42 bits per heavy atom. The maximum Gasteiger partial charge on any atom is 0.276 e. The van der Waals surface area contributed by atoms with E-state index in [2.05, 4.69) is 15.4 Å². The van der Waals surface area contributed by atoms with Gasteiger partial charge in [0, 0.05) is 19.0 Å². The fraction of sp³-hybridized carbons (Fsp3) is 0.429. The van der Waals surface area contributed by atoms with Crippen molar-refractivity contribution in [3.05, 3.63) is 36.0 Å². The van der Waals surface area contributed by atoms with Crippen LogP contribution in [0.3, 0.4) is 0 Å². The predicted octanol–water partition coefficient (Wildman–Crippen LogP) is 2.03. The van der Waals surface area contributed by atoms with Gasteiger partial charge in [0.2, 0.25) is 5.91 Å². The monoisotopic (exact) mass is 443 g/mol. The summed E-state index contributed by atoms with van der Waals surface area (Å²) in [5.74, 6) is -0.440. The minimum Gasteiger partial charge on any atom is -0.392 e. The van der Waals surface area contributed by atoms with Crippen LogP contribution in [0.1, 0.15) is 37.2 Å². The predicted molar refractivity (Wildman–Crippen MR) is 117 cm³/mol. The second-order valence-electron chi connectivity index (χ2n) is 7.94. The standard InChI is InChI=1S/C21H25N5O4S/c1-12(27)10-25(11-13(2)28)20(30)16-17-18(26(24-16)15-6-4-3-5-7-15)22-21(31-17)23-19(29)14-8-9-14/h3-7,12-14,27-28H,8-11H2,1-2H3,(H,22,23,29). The molecule has 3 aromatic rings. The van der Waals surface area contributed by atoms with Crippen molar-refractivity contribution in [2.45, 2.75) is 38.9 Å². The molecule has 3 N–H and O–H groups in total. The largest absolute Gasteiger partial charge is 0.392 e. The van der Waals surface area contributed by atoms with Gasteiger partial charge in [-0.1, -0.05) is 29.5 Å². The molecule has 1 aliphatic rings. The molecule has 2 amide bonds. The van der Waals surface area contributed by atoms with Crippen LogP contribution in [0, 0.1) is 5.92 Å². The van der Waals surface area contributed by atoms with E-state index in [0.717, 1.165) is 18.5 Å². The maximum absolute atomic E-state index is 13.3. The number of amides is 2. The molecular formula is C21H25N5O4S. The minimum absolute atomic E-state index is 0.0336. The molecule has 0 bridgehead atoms. The van der Waals surface area contributed by atoms with Crippen LogP contribution in [0.5, 0.6) is 0 Å². The minimum atomic E-state index is -0.760. The Hall–Kier alpha value is -2.82. The van der Waals surface area contributed by atoms with Crippen molar-refractivity contribution in [3.8, 4) is 5.69 Å². The van der Waals surface area contributed by atoms with Crippen LogP contribution in [-0.2, 0) is 4.79 Å². The molecule has 9 nitrogen and oxygen atoms in total. The zero-order valence-corrected chi connectivity index (χ0v) is 18.2. The lowest BCUT2D eigenvalue weighted by Gasteiger charge is -2.24. The van der Waals surface area contributed by atoms with E-state index < -0.39 is 18.1 Å². The first-order valence-corrected chi connectivity index (χ1v) is 11.1. The first kappa shape index (κ1) is 21.4. The van der Waals surface area contributed by atoms with Crippen molar-refractivity contribution in [1.82, 2.24) is 19.7 Å². The van der Waals surface area contributed by atoms with Crippen molar-refractivity contribution < 1.29 is 19.8 Å². The summed E-state index contributed by atoms with van der Waals surface area (Å²) in [7, 11) is 0. The van der Waals surface area contributed by atoms with E-state index in [-0.39, 0.29) is 30.6 Å². The van der Waals surface area contributed by atoms with Crippen LogP contribution in [0.2, 0.25) is 0 Å². The molecule has 0 spiro atoms. The number of hydrogen-bond acceptors (Lipinski definition) is 7. The number of aromatic nitrogens is 3. The van der Waals surface area contributed by atoms with E-state index in [1.165, 1.54) is 16.2 Å². The normalized spacial score (nSPS) is 15.6. The van der Waals surface area contributed by atoms with Gasteiger partial charge in [-0.3, -0.25) is 9.59 Å². The van der Waals surface area contributed by atoms with Gasteiger partial charge in [-0.05, 0) is 38.8 Å². The molecule has 2 aromatic heterocycles. The molecule has 1 aromatic carbocycles. The number of aliphatic hydroxyl groups is 2. The molecule has 31 heavy (non-hydrogen) atoms. The second-order valence-corrected chi connectivity index (χ2v) is 8.94. The van der Waals surface area contributed by atoms with Gasteiger partial charge in [-0.25, -0.2) is 4.68 Å². The third kappa shape index (κ3) is 4.76. The van der Waals surface area contributed by atoms with Crippen LogP contribution in [0.15, 0.2) is 30.3 Å². The Labute approximate surface area is 183 Å². The lowest BCUT2D eigenvalue weighted by Crippen LogP contribution is -2.41. The summed E-state index contributed by atoms with van der Waals surface area (Å²) in [4.78, 5) is 31.5. The zero-order chi connectivity index (χ0) is 22.1. The van der Waals surface area contributed by atoms with Gasteiger partial charge in [0.25, 0.3) is 5.91 Å². The van der Waals surface area contributed by atoms with Gasteiger partial charge in [0.1, 0.15) is 4.70 Å². The summed E-state index contributed by atoms with van der Waals surface area (Å²) in [6.45, 7) is 3.29. The van der Waals surface area contributed by atoms with Crippen LogP contribution in [-0.4, -0.2) is 67.0 Å². The Morgan fingerprint density at radius 2 is 1.84 bits per heavy atom. The van der Waals surface area contributed by atoms with Crippen molar-refractivity contribution in [3.63, 3.8) is 0 Å². The third-order valence-electron chi connectivity index (χ3n) is 4.86. The summed E-state index contributed by atoms with van der Waals surface area (Å²) in [6.07, 6.45) is 0.242. The number of nitrogens with one attached hydrogen (secondary N) is 1. The Kier molecular flexibility index (Phi) is 6.03. The van der Waals surface area contributed by atoms with E-state index in [1.807, 2.05) is 30.3 Å². The van der Waals surface area contributed by atoms with E-state index in [9.17, 15) is 19.8 Å². The number of anilines is 1. The Morgan fingerprint density at radius 1 is 1.19 bits per heavy atom. The van der Waals surface area contributed by atoms with Gasteiger partial charge in [-0.2, -0.15) is 10.1 Å². The lowest BCUT2D eigenvalue weighted by molar-refractivity contribution is -0.117. The van der Waals surface area contributed by atoms with E-state index in [1.54, 1.807) is 18.5 Å². The third-order valence-corrected chi connectivity index (χ3v) is 5.83. The van der Waals surface area contributed by atoms with Gasteiger partial charge in [-0.15, -0.1) is 0 Å². The molecule has 10 heteroatoms. The number of hydrogen-bond donors (Lipinski definition) is 3. The van der Waals surface area contributed by atoms with Crippen molar-refractivity contribution >= 4 is 38.6 Å². The first-order valence-electron chi connectivity index (χ1n) is 10.2. The smallest absolute Gasteiger partial charge is 0.276 e. The molecule has 2 atom stereocenters. The molecule has 0 saturated heterocycles. The molecule has 1 aliphatic carbocycles. The number of para-hydroxylation sites is 1. The van der Waals surface area contributed by atoms with Crippen LogP contribution in [0.4, 0.5) is 5.13 Å². The van der Waals surface area contributed by atoms with Gasteiger partial charge >= 0.3 is 0 Å². The van der Waals surface area contributed by atoms with Gasteiger partial charge in [0.15, 0.2) is 16.5 Å². The Bertz CT molecular complexity index is 1080. The SMILES string of the molecule is CC(O)CN(CC(C)O)C(=O)c1nn(-c2ccccc2)c2nc(NC(=O)C3CC3)sc12. The van der Waals surface area contributed by atoms with E-state index in [0.29, 0.717) is 15.5 Å². The average molecular weight is 444 g/mol. The quantitative estimate of drug-likeness (QED) is 0.490. The fourth-order valence-corrected chi connectivity index (χ4v) is 4.25. The van der Waals surface area contributed by atoms with Crippen LogP contribution in [0.25, 0.3) is 16.0 Å². The second kappa shape index (κ2) is 8.74. The van der Waals surface area contributed by atoms with Crippen LogP contribution < -0.4 is 5.32 Å². The number of aliphatic hydroxyl groups excluding tert-OH is 2. The molecular weight excluding hydrogens is 418 g/mol. The summed E-state index contributed by atoms with van der Waals surface area (Å²) >= 11 is 1.20. The molecule has 4 rings (SSSR count). The first-order chi connectivity index (χ1) is 14.8. The van der Waals surface area contributed by atoms with Gasteiger partial charge in [0.05, 0.1) is 17.9 Å². The molecule has 2 unspecified atom stereocenters. The zero-order valence-electron chi connectivity index (χ0n) is 17.4. The number of rotatable bonds is 8. The Balaban J connectivity index is 1.76. The highest BCUT2D eigenvalue weighted by Gasteiger charge is 2.31. The number of carbonyl (C=O) groups is 2. The highest BCUT2D eigenvalue weighted by molar-refractivity contribution is 7.22.